The lowest BCUT2D eigenvalue weighted by molar-refractivity contribution is -0.228. The van der Waals surface area contributed by atoms with Crippen LogP contribution in [-0.2, 0) is 9.53 Å². The van der Waals surface area contributed by atoms with Gasteiger partial charge in [0.1, 0.15) is 11.6 Å². The third-order valence-corrected chi connectivity index (χ3v) is 4.33. The molecule has 3 rings (SSSR count). The minimum absolute atomic E-state index is 0.0158. The van der Waals surface area contributed by atoms with E-state index in [2.05, 4.69) is 5.32 Å². The lowest BCUT2D eigenvalue weighted by Crippen LogP contribution is -2.71. The Morgan fingerprint density at radius 2 is 1.90 bits per heavy atom. The quantitative estimate of drug-likeness (QED) is 0.814. The standard InChI is InChI=1S/C14H22FNO4/c1-12(2,3)20-11(19)16-9(10(17)18)14-6-13(7-14,8-14)4-5-15/h9H,4-8H2,1-3H3,(H,16,19)(H,17,18). The summed E-state index contributed by atoms with van der Waals surface area (Å²) in [7, 11) is 0. The van der Waals surface area contributed by atoms with E-state index < -0.39 is 29.1 Å². The summed E-state index contributed by atoms with van der Waals surface area (Å²) >= 11 is 0. The van der Waals surface area contributed by atoms with Crippen LogP contribution in [0.2, 0.25) is 0 Å². The van der Waals surface area contributed by atoms with Crippen molar-refractivity contribution in [1.82, 2.24) is 5.32 Å². The fraction of sp³-hybridized carbons (Fsp3) is 0.857. The summed E-state index contributed by atoms with van der Waals surface area (Å²) in [5.41, 5.74) is -1.09. The maximum Gasteiger partial charge on any atom is 0.408 e. The average Bonchev–Trinajstić information content (AvgIpc) is 2.15. The highest BCUT2D eigenvalue weighted by Gasteiger charge is 2.71. The molecule has 1 amide bonds. The van der Waals surface area contributed by atoms with Gasteiger partial charge in [0.25, 0.3) is 0 Å². The van der Waals surface area contributed by atoms with Gasteiger partial charge in [-0.05, 0) is 51.9 Å². The van der Waals surface area contributed by atoms with Crippen LogP contribution in [0.1, 0.15) is 46.5 Å². The van der Waals surface area contributed by atoms with Gasteiger partial charge >= 0.3 is 12.1 Å². The van der Waals surface area contributed by atoms with Crippen LogP contribution in [-0.4, -0.2) is 35.5 Å². The number of ether oxygens (including phenoxy) is 1. The number of amides is 1. The first kappa shape index (κ1) is 15.1. The van der Waals surface area contributed by atoms with Crippen molar-refractivity contribution in [1.29, 1.82) is 0 Å². The fourth-order valence-electron chi connectivity index (χ4n) is 3.76. The molecule has 0 aromatic carbocycles. The van der Waals surface area contributed by atoms with Crippen molar-refractivity contribution >= 4 is 12.1 Å². The number of halogens is 1. The third kappa shape index (κ3) is 2.60. The zero-order valence-corrected chi connectivity index (χ0v) is 12.2. The Kier molecular flexibility index (Phi) is 3.47. The molecule has 3 aliphatic rings. The summed E-state index contributed by atoms with van der Waals surface area (Å²) in [5.74, 6) is -1.05. The van der Waals surface area contributed by atoms with Crippen LogP contribution in [0, 0.1) is 10.8 Å². The highest BCUT2D eigenvalue weighted by Crippen LogP contribution is 2.76. The van der Waals surface area contributed by atoms with Gasteiger partial charge in [0.05, 0.1) is 6.67 Å². The first-order valence-electron chi connectivity index (χ1n) is 6.90. The van der Waals surface area contributed by atoms with Gasteiger partial charge in [0.15, 0.2) is 0 Å². The monoisotopic (exact) mass is 287 g/mol. The van der Waals surface area contributed by atoms with Crippen molar-refractivity contribution < 1.29 is 23.8 Å². The lowest BCUT2D eigenvalue weighted by atomic mass is 9.32. The Bertz CT molecular complexity index is 410. The molecule has 0 spiro atoms. The van der Waals surface area contributed by atoms with E-state index in [4.69, 9.17) is 4.74 Å². The summed E-state index contributed by atoms with van der Waals surface area (Å²) in [5, 5.41) is 11.8. The van der Waals surface area contributed by atoms with Gasteiger partial charge in [-0.1, -0.05) is 0 Å². The number of carbonyl (C=O) groups is 2. The molecule has 1 atom stereocenters. The van der Waals surface area contributed by atoms with Crippen molar-refractivity contribution in [2.24, 2.45) is 10.8 Å². The SMILES string of the molecule is CC(C)(C)OC(=O)NC(C(=O)O)C12CC(CCF)(C1)C2. The zero-order valence-electron chi connectivity index (χ0n) is 12.2. The normalized spacial score (nSPS) is 32.6. The number of carbonyl (C=O) groups excluding carboxylic acids is 1. The number of alkyl halides is 1. The minimum Gasteiger partial charge on any atom is -0.480 e. The molecular formula is C14H22FNO4. The lowest BCUT2D eigenvalue weighted by Gasteiger charge is -2.72. The molecule has 6 heteroatoms. The number of alkyl carbamates (subject to hydrolysis) is 1. The summed E-state index contributed by atoms with van der Waals surface area (Å²) in [4.78, 5) is 23.1. The van der Waals surface area contributed by atoms with E-state index in [0.717, 1.165) is 0 Å². The highest BCUT2D eigenvalue weighted by atomic mass is 19.1. The second-order valence-corrected chi connectivity index (χ2v) is 7.25. The Labute approximate surface area is 117 Å². The van der Waals surface area contributed by atoms with E-state index in [0.29, 0.717) is 25.7 Å². The van der Waals surface area contributed by atoms with Crippen molar-refractivity contribution in [2.45, 2.75) is 58.1 Å². The van der Waals surface area contributed by atoms with Crippen LogP contribution in [0.5, 0.6) is 0 Å². The number of rotatable bonds is 5. The van der Waals surface area contributed by atoms with Crippen LogP contribution >= 0.6 is 0 Å². The Balaban J connectivity index is 1.94. The molecule has 0 radical (unpaired) electrons. The number of hydrogen-bond donors (Lipinski definition) is 2. The third-order valence-electron chi connectivity index (χ3n) is 4.33. The summed E-state index contributed by atoms with van der Waals surface area (Å²) in [6.07, 6.45) is 1.81. The second kappa shape index (κ2) is 4.60. The van der Waals surface area contributed by atoms with E-state index in [1.54, 1.807) is 20.8 Å². The molecular weight excluding hydrogens is 265 g/mol. The van der Waals surface area contributed by atoms with Gasteiger partial charge in [-0.3, -0.25) is 4.39 Å². The van der Waals surface area contributed by atoms with E-state index in [9.17, 15) is 19.1 Å². The predicted octanol–water partition coefficient (Wildman–Crippen LogP) is 2.49. The van der Waals surface area contributed by atoms with Crippen LogP contribution in [0.25, 0.3) is 0 Å². The molecule has 0 saturated heterocycles. The molecule has 0 aromatic rings. The fourth-order valence-corrected chi connectivity index (χ4v) is 3.76. The number of hydrogen-bond acceptors (Lipinski definition) is 3. The molecule has 1 unspecified atom stereocenters. The minimum atomic E-state index is -1.05. The largest absolute Gasteiger partial charge is 0.480 e. The van der Waals surface area contributed by atoms with E-state index in [1.807, 2.05) is 0 Å². The van der Waals surface area contributed by atoms with Crippen molar-refractivity contribution in [3.05, 3.63) is 0 Å². The molecule has 3 saturated carbocycles. The van der Waals surface area contributed by atoms with Crippen LogP contribution in [0.15, 0.2) is 0 Å². The van der Waals surface area contributed by atoms with Crippen molar-refractivity contribution in [2.75, 3.05) is 6.67 Å². The Hall–Kier alpha value is -1.33. The van der Waals surface area contributed by atoms with Gasteiger partial charge in [0, 0.05) is 5.41 Å². The van der Waals surface area contributed by atoms with Gasteiger partial charge in [-0.25, -0.2) is 9.59 Å². The zero-order chi connectivity index (χ0) is 15.2. The molecule has 2 bridgehead atoms. The molecule has 3 aliphatic carbocycles. The van der Waals surface area contributed by atoms with E-state index in [1.165, 1.54) is 0 Å². The molecule has 0 aliphatic heterocycles. The molecule has 0 aromatic heterocycles. The summed E-state index contributed by atoms with van der Waals surface area (Å²) < 4.78 is 17.5. The van der Waals surface area contributed by atoms with Crippen molar-refractivity contribution in [3.63, 3.8) is 0 Å². The molecule has 5 nitrogen and oxygen atoms in total. The number of carboxylic acids is 1. The topological polar surface area (TPSA) is 75.6 Å². The first-order chi connectivity index (χ1) is 9.11. The molecule has 3 fully saturated rings. The van der Waals surface area contributed by atoms with Crippen LogP contribution in [0.3, 0.4) is 0 Å². The number of carboxylic acid groups (broad SMARTS) is 1. The molecule has 2 N–H and O–H groups in total. The van der Waals surface area contributed by atoms with Crippen LogP contribution < -0.4 is 5.32 Å². The van der Waals surface area contributed by atoms with E-state index >= 15 is 0 Å². The van der Waals surface area contributed by atoms with Gasteiger partial charge < -0.3 is 15.2 Å². The maximum absolute atomic E-state index is 12.4. The van der Waals surface area contributed by atoms with Gasteiger partial charge in [-0.2, -0.15) is 0 Å². The molecule has 0 heterocycles. The van der Waals surface area contributed by atoms with E-state index in [-0.39, 0.29) is 12.1 Å². The van der Waals surface area contributed by atoms with Crippen LogP contribution in [0.4, 0.5) is 9.18 Å². The molecule has 20 heavy (non-hydrogen) atoms. The van der Waals surface area contributed by atoms with Gasteiger partial charge in [0.2, 0.25) is 0 Å². The van der Waals surface area contributed by atoms with Gasteiger partial charge in [-0.15, -0.1) is 0 Å². The Morgan fingerprint density at radius 3 is 2.30 bits per heavy atom. The second-order valence-electron chi connectivity index (χ2n) is 7.25. The molecule has 114 valence electrons. The Morgan fingerprint density at radius 1 is 1.35 bits per heavy atom. The smallest absolute Gasteiger partial charge is 0.408 e. The summed E-state index contributed by atoms with van der Waals surface area (Å²) in [6.45, 7) is 4.80. The highest BCUT2D eigenvalue weighted by molar-refractivity contribution is 5.81. The maximum atomic E-state index is 12.4. The number of aliphatic carboxylic acids is 1. The average molecular weight is 287 g/mol. The first-order valence-corrected chi connectivity index (χ1v) is 6.90. The van der Waals surface area contributed by atoms with Crippen molar-refractivity contribution in [3.8, 4) is 0 Å². The predicted molar refractivity (Wildman–Crippen MR) is 70.1 cm³/mol. The summed E-state index contributed by atoms with van der Waals surface area (Å²) in [6, 6.07) is -0.946. The number of nitrogens with one attached hydrogen (secondary N) is 1.